The number of hydrogen-bond donors (Lipinski definition) is 1. The fourth-order valence-corrected chi connectivity index (χ4v) is 4.59. The van der Waals surface area contributed by atoms with Gasteiger partial charge in [-0.1, -0.05) is 24.3 Å². The van der Waals surface area contributed by atoms with E-state index in [9.17, 15) is 26.4 Å². The van der Waals surface area contributed by atoms with Crippen molar-refractivity contribution in [2.75, 3.05) is 22.9 Å². The maximum absolute atomic E-state index is 13.0. The van der Waals surface area contributed by atoms with Gasteiger partial charge in [-0.15, -0.1) is 11.8 Å². The molecule has 1 N–H and O–H groups in total. The van der Waals surface area contributed by atoms with Gasteiger partial charge in [0.1, 0.15) is 6.04 Å². The fourth-order valence-electron chi connectivity index (χ4n) is 2.64. The Balaban J connectivity index is 2.09. The number of amides is 1. The molecule has 0 fully saturated rings. The van der Waals surface area contributed by atoms with Gasteiger partial charge in [-0.3, -0.25) is 9.10 Å². The van der Waals surface area contributed by atoms with Crippen LogP contribution in [0, 0.1) is 0 Å². The van der Waals surface area contributed by atoms with Gasteiger partial charge in [0, 0.05) is 17.2 Å². The van der Waals surface area contributed by atoms with Gasteiger partial charge in [0.05, 0.1) is 17.5 Å². The Bertz CT molecular complexity index is 935. The van der Waals surface area contributed by atoms with Crippen LogP contribution >= 0.6 is 11.8 Å². The number of carbonyl (C=O) groups excluding carboxylic acids is 1. The molecule has 0 saturated carbocycles. The molecule has 0 aliphatic rings. The molecule has 158 valence electrons. The van der Waals surface area contributed by atoms with Crippen molar-refractivity contribution in [2.45, 2.75) is 24.0 Å². The third-order valence-electron chi connectivity index (χ3n) is 3.93. The van der Waals surface area contributed by atoms with E-state index in [4.69, 9.17) is 0 Å². The molecule has 2 aromatic carbocycles. The lowest BCUT2D eigenvalue weighted by molar-refractivity contribution is -0.137. The highest BCUT2D eigenvalue weighted by Crippen LogP contribution is 2.32. The van der Waals surface area contributed by atoms with Crippen LogP contribution in [0.3, 0.4) is 0 Å². The molecule has 5 nitrogen and oxygen atoms in total. The van der Waals surface area contributed by atoms with Gasteiger partial charge < -0.3 is 5.32 Å². The maximum atomic E-state index is 13.0. The number of thioether (sulfide) groups is 1. The number of nitrogens with one attached hydrogen (secondary N) is 1. The molecule has 0 radical (unpaired) electrons. The lowest BCUT2D eigenvalue weighted by Gasteiger charge is -2.28. The minimum Gasteiger partial charge on any atom is -0.353 e. The van der Waals surface area contributed by atoms with E-state index in [0.717, 1.165) is 29.4 Å². The molecule has 2 rings (SSSR count). The molecule has 0 bridgehead atoms. The monoisotopic (exact) mass is 446 g/mol. The van der Waals surface area contributed by atoms with E-state index >= 15 is 0 Å². The Morgan fingerprint density at radius 1 is 1.14 bits per heavy atom. The normalized spacial score (nSPS) is 13.0. The number of benzene rings is 2. The predicted octanol–water partition coefficient (Wildman–Crippen LogP) is 3.77. The fraction of sp³-hybridized carbons (Fsp3) is 0.316. The summed E-state index contributed by atoms with van der Waals surface area (Å²) in [7, 11) is -4.00. The molecule has 1 unspecified atom stereocenters. The number of nitrogens with zero attached hydrogens (tertiary/aromatic N) is 1. The minimum atomic E-state index is -4.63. The summed E-state index contributed by atoms with van der Waals surface area (Å²) < 4.78 is 64.1. The van der Waals surface area contributed by atoms with Crippen molar-refractivity contribution in [2.24, 2.45) is 0 Å². The standard InChI is InChI=1S/C19H21F3N2O3S2/c1-14(18(25)23-11-12-28-17-9-4-3-5-10-17)24(29(2,26)27)16-8-6-7-15(13-16)19(20,21)22/h3-10,13-14H,11-12H2,1-2H3,(H,23,25). The van der Waals surface area contributed by atoms with E-state index in [-0.39, 0.29) is 12.2 Å². The van der Waals surface area contributed by atoms with Crippen LogP contribution in [-0.2, 0) is 21.0 Å². The summed E-state index contributed by atoms with van der Waals surface area (Å²) in [6.07, 6.45) is -3.78. The maximum Gasteiger partial charge on any atom is 0.416 e. The highest BCUT2D eigenvalue weighted by molar-refractivity contribution is 7.99. The number of halogens is 3. The van der Waals surface area contributed by atoms with E-state index < -0.39 is 33.7 Å². The van der Waals surface area contributed by atoms with Crippen molar-refractivity contribution in [3.8, 4) is 0 Å². The van der Waals surface area contributed by atoms with Crippen molar-refractivity contribution >= 4 is 33.4 Å². The number of anilines is 1. The molecule has 1 amide bonds. The summed E-state index contributed by atoms with van der Waals surface area (Å²) in [6.45, 7) is 1.61. The van der Waals surface area contributed by atoms with Crippen LogP contribution in [-0.4, -0.2) is 38.9 Å². The molecule has 0 aromatic heterocycles. The average Bonchev–Trinajstić information content (AvgIpc) is 2.64. The van der Waals surface area contributed by atoms with Gasteiger partial charge in [0.2, 0.25) is 15.9 Å². The summed E-state index contributed by atoms with van der Waals surface area (Å²) in [5, 5.41) is 2.63. The number of alkyl halides is 3. The van der Waals surface area contributed by atoms with E-state index in [1.807, 2.05) is 30.3 Å². The first-order chi connectivity index (χ1) is 13.5. The minimum absolute atomic E-state index is 0.219. The van der Waals surface area contributed by atoms with Crippen molar-refractivity contribution in [1.82, 2.24) is 5.32 Å². The van der Waals surface area contributed by atoms with Crippen LogP contribution in [0.25, 0.3) is 0 Å². The lowest BCUT2D eigenvalue weighted by Crippen LogP contribution is -2.48. The summed E-state index contributed by atoms with van der Waals surface area (Å²) in [6, 6.07) is 12.2. The molecule has 2 aromatic rings. The molecule has 0 spiro atoms. The van der Waals surface area contributed by atoms with Crippen molar-refractivity contribution < 1.29 is 26.4 Å². The van der Waals surface area contributed by atoms with Crippen LogP contribution in [0.5, 0.6) is 0 Å². The van der Waals surface area contributed by atoms with Crippen molar-refractivity contribution in [3.05, 3.63) is 60.2 Å². The zero-order chi connectivity index (χ0) is 21.7. The first kappa shape index (κ1) is 23.1. The smallest absolute Gasteiger partial charge is 0.353 e. The van der Waals surface area contributed by atoms with Crippen LogP contribution in [0.15, 0.2) is 59.5 Å². The topological polar surface area (TPSA) is 66.5 Å². The van der Waals surface area contributed by atoms with Gasteiger partial charge >= 0.3 is 6.18 Å². The first-order valence-electron chi connectivity index (χ1n) is 8.62. The van der Waals surface area contributed by atoms with Crippen molar-refractivity contribution in [1.29, 1.82) is 0 Å². The number of carbonyl (C=O) groups is 1. The molecular weight excluding hydrogens is 425 g/mol. The van der Waals surface area contributed by atoms with Crippen LogP contribution in [0.2, 0.25) is 0 Å². The summed E-state index contributed by atoms with van der Waals surface area (Å²) >= 11 is 1.52. The van der Waals surface area contributed by atoms with Crippen LogP contribution in [0.1, 0.15) is 12.5 Å². The van der Waals surface area contributed by atoms with Crippen molar-refractivity contribution in [3.63, 3.8) is 0 Å². The average molecular weight is 447 g/mol. The molecule has 10 heteroatoms. The highest BCUT2D eigenvalue weighted by atomic mass is 32.2. The second kappa shape index (κ2) is 9.53. The van der Waals surface area contributed by atoms with E-state index in [0.29, 0.717) is 10.1 Å². The SMILES string of the molecule is CC(C(=O)NCCSc1ccccc1)N(c1cccc(C(F)(F)F)c1)S(C)(=O)=O. The van der Waals surface area contributed by atoms with Gasteiger partial charge in [-0.25, -0.2) is 8.42 Å². The van der Waals surface area contributed by atoms with E-state index in [1.165, 1.54) is 24.8 Å². The second-order valence-corrected chi connectivity index (χ2v) is 9.26. The van der Waals surface area contributed by atoms with E-state index in [2.05, 4.69) is 5.32 Å². The van der Waals surface area contributed by atoms with Gasteiger partial charge in [0.15, 0.2) is 0 Å². The van der Waals surface area contributed by atoms with E-state index in [1.54, 1.807) is 0 Å². The van der Waals surface area contributed by atoms with Gasteiger partial charge in [-0.2, -0.15) is 13.2 Å². The number of sulfonamides is 1. The molecule has 1 atom stereocenters. The Morgan fingerprint density at radius 2 is 1.79 bits per heavy atom. The Kier molecular flexibility index (Phi) is 7.59. The van der Waals surface area contributed by atoms with Crippen LogP contribution in [0.4, 0.5) is 18.9 Å². The number of rotatable bonds is 8. The highest BCUT2D eigenvalue weighted by Gasteiger charge is 2.33. The quantitative estimate of drug-likeness (QED) is 0.495. The Labute approximate surface area is 172 Å². The van der Waals surface area contributed by atoms with Gasteiger partial charge in [-0.05, 0) is 37.3 Å². The molecule has 0 aliphatic heterocycles. The Hall–Kier alpha value is -2.20. The zero-order valence-corrected chi connectivity index (χ0v) is 17.4. The largest absolute Gasteiger partial charge is 0.416 e. The lowest BCUT2D eigenvalue weighted by atomic mass is 10.2. The third-order valence-corrected chi connectivity index (χ3v) is 6.19. The zero-order valence-electron chi connectivity index (χ0n) is 15.8. The molecule has 0 aliphatic carbocycles. The summed E-state index contributed by atoms with van der Waals surface area (Å²) in [5.74, 6) is -0.0354. The predicted molar refractivity (Wildman–Crippen MR) is 108 cm³/mol. The molecular formula is C19H21F3N2O3S2. The molecule has 29 heavy (non-hydrogen) atoms. The number of hydrogen-bond acceptors (Lipinski definition) is 4. The molecule has 0 heterocycles. The Morgan fingerprint density at radius 3 is 2.38 bits per heavy atom. The molecule has 0 saturated heterocycles. The third kappa shape index (κ3) is 6.67. The van der Waals surface area contributed by atoms with Crippen LogP contribution < -0.4 is 9.62 Å². The first-order valence-corrected chi connectivity index (χ1v) is 11.5. The van der Waals surface area contributed by atoms with Gasteiger partial charge in [0.25, 0.3) is 0 Å². The summed E-state index contributed by atoms with van der Waals surface area (Å²) in [5.41, 5.74) is -1.21. The second-order valence-electron chi connectivity index (χ2n) is 6.24. The summed E-state index contributed by atoms with van der Waals surface area (Å²) in [4.78, 5) is 13.5.